The van der Waals surface area contributed by atoms with Crippen LogP contribution in [0.2, 0.25) is 0 Å². The Labute approximate surface area is 548 Å². The Balaban J connectivity index is 5.29. The number of carbonyl (C=O) groups excluding carboxylic acids is 4. The predicted octanol–water partition coefficient (Wildman–Crippen LogP) is 19.8. The number of allylic oxidation sites excluding steroid dienone is 4. The van der Waals surface area contributed by atoms with E-state index >= 15 is 0 Å². The molecule has 0 aliphatic carbocycles. The number of esters is 4. The number of rotatable bonds is 67. The van der Waals surface area contributed by atoms with Gasteiger partial charge in [0.25, 0.3) is 0 Å². The van der Waals surface area contributed by atoms with E-state index in [0.29, 0.717) is 25.7 Å². The lowest BCUT2D eigenvalue weighted by atomic mass is 10.00. The van der Waals surface area contributed by atoms with Gasteiger partial charge in [-0.3, -0.25) is 37.3 Å². The van der Waals surface area contributed by atoms with Crippen LogP contribution in [0.5, 0.6) is 0 Å². The first-order chi connectivity index (χ1) is 43.3. The molecule has 0 saturated heterocycles. The minimum absolute atomic E-state index is 0.0836. The summed E-state index contributed by atoms with van der Waals surface area (Å²) in [6.07, 6.45) is 48.0. The molecule has 0 aliphatic heterocycles. The molecule has 3 unspecified atom stereocenters. The molecule has 3 N–H and O–H groups in total. The summed E-state index contributed by atoms with van der Waals surface area (Å²) in [6.45, 7) is 11.7. The van der Waals surface area contributed by atoms with Crippen molar-refractivity contribution in [2.75, 3.05) is 39.6 Å². The molecule has 6 atom stereocenters. The molecule has 0 aromatic heterocycles. The summed E-state index contributed by atoms with van der Waals surface area (Å²) >= 11 is 0. The monoisotopic (exact) mass is 1320 g/mol. The van der Waals surface area contributed by atoms with Crippen molar-refractivity contribution in [3.05, 3.63) is 24.3 Å². The Hall–Kier alpha value is -2.46. The zero-order valence-corrected chi connectivity index (χ0v) is 59.9. The predicted molar refractivity (Wildman–Crippen MR) is 363 cm³/mol. The Morgan fingerprint density at radius 2 is 0.656 bits per heavy atom. The van der Waals surface area contributed by atoms with E-state index in [9.17, 15) is 43.2 Å². The highest BCUT2D eigenvalue weighted by atomic mass is 31.2. The van der Waals surface area contributed by atoms with Crippen LogP contribution in [0, 0.1) is 17.8 Å². The zero-order chi connectivity index (χ0) is 66.6. The number of hydrogen-bond acceptors (Lipinski definition) is 15. The van der Waals surface area contributed by atoms with E-state index in [2.05, 4.69) is 72.8 Å². The second-order valence-electron chi connectivity index (χ2n) is 26.1. The fourth-order valence-electron chi connectivity index (χ4n) is 10.1. The van der Waals surface area contributed by atoms with Crippen molar-refractivity contribution in [3.8, 4) is 0 Å². The number of hydrogen-bond donors (Lipinski definition) is 3. The highest BCUT2D eigenvalue weighted by Gasteiger charge is 2.30. The van der Waals surface area contributed by atoms with Gasteiger partial charge in [0, 0.05) is 25.7 Å². The number of unbranched alkanes of at least 4 members (excludes halogenated alkanes) is 31. The maximum atomic E-state index is 13.0. The highest BCUT2D eigenvalue weighted by molar-refractivity contribution is 7.47. The van der Waals surface area contributed by atoms with Crippen molar-refractivity contribution in [1.29, 1.82) is 0 Å². The van der Waals surface area contributed by atoms with Crippen LogP contribution in [0.4, 0.5) is 0 Å². The second kappa shape index (κ2) is 61.4. The second-order valence-corrected chi connectivity index (χ2v) is 29.0. The molecule has 0 aliphatic rings. The van der Waals surface area contributed by atoms with E-state index in [0.717, 1.165) is 127 Å². The zero-order valence-electron chi connectivity index (χ0n) is 58.1. The maximum Gasteiger partial charge on any atom is 0.472 e. The van der Waals surface area contributed by atoms with Crippen molar-refractivity contribution in [2.45, 2.75) is 349 Å². The third-order valence-electron chi connectivity index (χ3n) is 16.1. The standard InChI is InChI=1S/C71H134O17P2/c1-8-10-11-12-13-14-15-16-17-18-21-24-31-40-47-54-70(75)88-67(59-82-69(74)53-46-39-34-33-37-44-51-64(7)9-2)61-86-90(79,80)84-57-65(72)56-83-89(77,78)85-60-66(58-81-68(73)52-45-38-30-27-26-29-36-43-50-63(5)6)87-71(76)55-48-41-32-25-22-19-20-23-28-35-42-49-62(3)4/h14-17,62-67,72H,8-13,18-61H2,1-7H3,(H,77,78)(H,79,80)/b15-14-,17-16-/t64?,65-,66-,67-/m1/s1. The lowest BCUT2D eigenvalue weighted by Crippen LogP contribution is -2.30. The molecule has 0 bridgehead atoms. The number of carbonyl (C=O) groups is 4. The van der Waals surface area contributed by atoms with Crippen LogP contribution in [0.3, 0.4) is 0 Å². The van der Waals surface area contributed by atoms with E-state index in [4.69, 9.17) is 37.0 Å². The topological polar surface area (TPSA) is 237 Å². The number of aliphatic hydroxyl groups excluding tert-OH is 1. The van der Waals surface area contributed by atoms with Gasteiger partial charge in [-0.25, -0.2) is 9.13 Å². The molecule has 0 rings (SSSR count). The van der Waals surface area contributed by atoms with Crippen molar-refractivity contribution in [2.24, 2.45) is 17.8 Å². The Morgan fingerprint density at radius 3 is 0.989 bits per heavy atom. The van der Waals surface area contributed by atoms with Crippen LogP contribution >= 0.6 is 15.6 Å². The van der Waals surface area contributed by atoms with E-state index < -0.39 is 97.5 Å². The fraction of sp³-hybridized carbons (Fsp3) is 0.887. The summed E-state index contributed by atoms with van der Waals surface area (Å²) in [5, 5.41) is 10.6. The first kappa shape index (κ1) is 87.5. The summed E-state index contributed by atoms with van der Waals surface area (Å²) in [4.78, 5) is 72.5. The number of aliphatic hydroxyl groups is 1. The average molecular weight is 1320 g/mol. The average Bonchev–Trinajstić information content (AvgIpc) is 3.45. The van der Waals surface area contributed by atoms with Crippen molar-refractivity contribution >= 4 is 39.5 Å². The Kier molecular flexibility index (Phi) is 59.7. The number of phosphoric acid groups is 2. The molecule has 0 aromatic carbocycles. The molecule has 0 radical (unpaired) electrons. The van der Waals surface area contributed by atoms with Gasteiger partial charge in [0.05, 0.1) is 26.4 Å². The SMILES string of the molecule is CCCCCC/C=C\C=C/CCCCCCCC(=O)O[C@H](COC(=O)CCCCCCCCC(C)CC)COP(=O)(O)OC[C@H](O)COP(=O)(O)OC[C@@H](COC(=O)CCCCCCCCCCC(C)C)OC(=O)CCCCCCCCCCCCCC(C)C. The molecule has 0 amide bonds. The summed E-state index contributed by atoms with van der Waals surface area (Å²) in [6, 6.07) is 0. The molecule has 0 fully saturated rings. The first-order valence-electron chi connectivity index (χ1n) is 36.2. The minimum Gasteiger partial charge on any atom is -0.462 e. The van der Waals surface area contributed by atoms with Crippen molar-refractivity contribution in [1.82, 2.24) is 0 Å². The van der Waals surface area contributed by atoms with Gasteiger partial charge >= 0.3 is 39.5 Å². The molecule has 19 heteroatoms. The third-order valence-corrected chi connectivity index (χ3v) is 18.0. The lowest BCUT2D eigenvalue weighted by Gasteiger charge is -2.21. The van der Waals surface area contributed by atoms with Gasteiger partial charge in [0.2, 0.25) is 0 Å². The van der Waals surface area contributed by atoms with Crippen molar-refractivity contribution in [3.63, 3.8) is 0 Å². The summed E-state index contributed by atoms with van der Waals surface area (Å²) in [5.74, 6) is 0.0583. The first-order valence-corrected chi connectivity index (χ1v) is 39.2. The van der Waals surface area contributed by atoms with E-state index in [1.165, 1.54) is 122 Å². The minimum atomic E-state index is -4.96. The Morgan fingerprint density at radius 1 is 0.367 bits per heavy atom. The van der Waals surface area contributed by atoms with E-state index in [1.807, 2.05) is 0 Å². The summed E-state index contributed by atoms with van der Waals surface area (Å²) in [7, 11) is -9.92. The molecule has 530 valence electrons. The normalized spacial score (nSPS) is 14.7. The van der Waals surface area contributed by atoms with Gasteiger partial charge in [-0.05, 0) is 69.1 Å². The molecule has 0 spiro atoms. The van der Waals surface area contributed by atoms with Gasteiger partial charge in [0.1, 0.15) is 19.3 Å². The third kappa shape index (κ3) is 63.0. The van der Waals surface area contributed by atoms with Gasteiger partial charge in [-0.2, -0.15) is 0 Å². The van der Waals surface area contributed by atoms with Crippen molar-refractivity contribution < 1.29 is 80.2 Å². The van der Waals surface area contributed by atoms with Crippen LogP contribution in [0.15, 0.2) is 24.3 Å². The van der Waals surface area contributed by atoms with Crippen LogP contribution in [-0.4, -0.2) is 96.7 Å². The van der Waals surface area contributed by atoms with Gasteiger partial charge < -0.3 is 33.8 Å². The number of phosphoric ester groups is 2. The smallest absolute Gasteiger partial charge is 0.462 e. The molecular formula is C71H134O17P2. The van der Waals surface area contributed by atoms with E-state index in [1.54, 1.807) is 0 Å². The van der Waals surface area contributed by atoms with Crippen LogP contribution in [0.1, 0.15) is 331 Å². The maximum absolute atomic E-state index is 13.0. The number of ether oxygens (including phenoxy) is 4. The molecule has 17 nitrogen and oxygen atoms in total. The molecule has 90 heavy (non-hydrogen) atoms. The largest absolute Gasteiger partial charge is 0.472 e. The van der Waals surface area contributed by atoms with Gasteiger partial charge in [0.15, 0.2) is 12.2 Å². The summed E-state index contributed by atoms with van der Waals surface area (Å²) in [5.41, 5.74) is 0. The highest BCUT2D eigenvalue weighted by Crippen LogP contribution is 2.45. The van der Waals surface area contributed by atoms with E-state index in [-0.39, 0.29) is 25.7 Å². The molecular weight excluding hydrogens is 1190 g/mol. The van der Waals surface area contributed by atoms with Gasteiger partial charge in [-0.1, -0.05) is 278 Å². The molecule has 0 aromatic rings. The van der Waals surface area contributed by atoms with Gasteiger partial charge in [-0.15, -0.1) is 0 Å². The van der Waals surface area contributed by atoms with Crippen LogP contribution in [-0.2, 0) is 65.4 Å². The van der Waals surface area contributed by atoms with Crippen LogP contribution in [0.25, 0.3) is 0 Å². The van der Waals surface area contributed by atoms with Crippen LogP contribution < -0.4 is 0 Å². The lowest BCUT2D eigenvalue weighted by molar-refractivity contribution is -0.161. The fourth-order valence-corrected chi connectivity index (χ4v) is 11.7. The molecule has 0 heterocycles. The quantitative estimate of drug-likeness (QED) is 0.0169. The Bertz CT molecular complexity index is 1860. The molecule has 0 saturated carbocycles. The summed E-state index contributed by atoms with van der Waals surface area (Å²) < 4.78 is 68.3.